The van der Waals surface area contributed by atoms with E-state index < -0.39 is 0 Å². The van der Waals surface area contributed by atoms with E-state index in [0.29, 0.717) is 5.15 Å². The smallest absolute Gasteiger partial charge is 0.143 e. The maximum Gasteiger partial charge on any atom is 0.143 e. The molecule has 0 aliphatic rings. The van der Waals surface area contributed by atoms with Crippen LogP contribution in [0.1, 0.15) is 12.5 Å². The van der Waals surface area contributed by atoms with E-state index in [1.54, 1.807) is 18.3 Å². The molecule has 1 unspecified atom stereocenters. The van der Waals surface area contributed by atoms with Gasteiger partial charge < -0.3 is 5.32 Å². The molecule has 2 aromatic rings. The van der Waals surface area contributed by atoms with Gasteiger partial charge in [0, 0.05) is 6.04 Å². The Morgan fingerprint density at radius 2 is 2.05 bits per heavy atom. The van der Waals surface area contributed by atoms with Crippen molar-refractivity contribution in [1.82, 2.24) is 4.98 Å². The molecule has 1 aromatic carbocycles. The van der Waals surface area contributed by atoms with Crippen molar-refractivity contribution >= 4 is 33.2 Å². The van der Waals surface area contributed by atoms with Gasteiger partial charge in [0.25, 0.3) is 0 Å². The van der Waals surface area contributed by atoms with Crippen molar-refractivity contribution in [2.24, 2.45) is 0 Å². The molecule has 0 radical (unpaired) electrons. The average Bonchev–Trinajstić information content (AvgIpc) is 2.37. The van der Waals surface area contributed by atoms with Gasteiger partial charge in [0.05, 0.1) is 16.4 Å². The minimum atomic E-state index is -0.213. The molecular formula is C14H13BrClFN2. The minimum Gasteiger partial charge on any atom is -0.381 e. The first-order valence-corrected chi connectivity index (χ1v) is 7.03. The molecule has 1 atom stereocenters. The van der Waals surface area contributed by atoms with Crippen LogP contribution in [0.15, 0.2) is 41.0 Å². The molecule has 100 valence electrons. The van der Waals surface area contributed by atoms with Gasteiger partial charge in [-0.1, -0.05) is 23.7 Å². The van der Waals surface area contributed by atoms with Crippen molar-refractivity contribution in [3.63, 3.8) is 0 Å². The van der Waals surface area contributed by atoms with Crippen LogP contribution in [0.3, 0.4) is 0 Å². The number of nitrogens with one attached hydrogen (secondary N) is 1. The van der Waals surface area contributed by atoms with Gasteiger partial charge in [0.1, 0.15) is 11.0 Å². The van der Waals surface area contributed by atoms with Gasteiger partial charge in [-0.2, -0.15) is 0 Å². The number of anilines is 1. The van der Waals surface area contributed by atoms with Crippen LogP contribution in [0, 0.1) is 5.82 Å². The van der Waals surface area contributed by atoms with E-state index in [1.807, 2.05) is 6.07 Å². The topological polar surface area (TPSA) is 24.9 Å². The monoisotopic (exact) mass is 342 g/mol. The molecule has 0 amide bonds. The summed E-state index contributed by atoms with van der Waals surface area (Å²) in [6.45, 7) is 2.06. The van der Waals surface area contributed by atoms with Crippen molar-refractivity contribution in [1.29, 1.82) is 0 Å². The lowest BCUT2D eigenvalue weighted by Gasteiger charge is -2.15. The van der Waals surface area contributed by atoms with Gasteiger partial charge >= 0.3 is 0 Å². The first-order valence-electron chi connectivity index (χ1n) is 5.86. The summed E-state index contributed by atoms with van der Waals surface area (Å²) in [5.74, 6) is -0.213. The quantitative estimate of drug-likeness (QED) is 0.815. The molecule has 0 saturated heterocycles. The number of nitrogens with zero attached hydrogens (tertiary/aromatic N) is 1. The highest BCUT2D eigenvalue weighted by Gasteiger charge is 2.06. The largest absolute Gasteiger partial charge is 0.381 e. The molecule has 0 fully saturated rings. The van der Waals surface area contributed by atoms with Crippen LogP contribution in [0.25, 0.3) is 0 Å². The van der Waals surface area contributed by atoms with Gasteiger partial charge in [0.2, 0.25) is 0 Å². The second kappa shape index (κ2) is 6.35. The molecule has 0 spiro atoms. The Morgan fingerprint density at radius 1 is 1.37 bits per heavy atom. The number of hydrogen-bond acceptors (Lipinski definition) is 2. The SMILES string of the molecule is CC(Cc1ccc(F)cc1)Nc1cnc(Cl)c(Br)c1. The van der Waals surface area contributed by atoms with E-state index in [0.717, 1.165) is 22.1 Å². The number of pyridine rings is 1. The van der Waals surface area contributed by atoms with E-state index in [2.05, 4.69) is 33.2 Å². The van der Waals surface area contributed by atoms with Crippen LogP contribution in [-0.2, 0) is 6.42 Å². The van der Waals surface area contributed by atoms with Crippen molar-refractivity contribution in [3.8, 4) is 0 Å². The number of hydrogen-bond donors (Lipinski definition) is 1. The highest BCUT2D eigenvalue weighted by atomic mass is 79.9. The second-order valence-corrected chi connectivity index (χ2v) is 5.58. The zero-order valence-electron chi connectivity index (χ0n) is 10.3. The molecule has 19 heavy (non-hydrogen) atoms. The summed E-state index contributed by atoms with van der Waals surface area (Å²) < 4.78 is 13.6. The molecule has 0 aliphatic carbocycles. The fourth-order valence-corrected chi connectivity index (χ4v) is 2.26. The fraction of sp³-hybridized carbons (Fsp3) is 0.214. The first-order chi connectivity index (χ1) is 9.04. The maximum absolute atomic E-state index is 12.8. The second-order valence-electron chi connectivity index (χ2n) is 4.37. The molecule has 1 N–H and O–H groups in total. The Labute approximate surface area is 125 Å². The molecule has 0 saturated carbocycles. The minimum absolute atomic E-state index is 0.209. The summed E-state index contributed by atoms with van der Waals surface area (Å²) in [5, 5.41) is 3.77. The van der Waals surface area contributed by atoms with E-state index in [1.165, 1.54) is 12.1 Å². The Kier molecular flexibility index (Phi) is 4.77. The van der Waals surface area contributed by atoms with Gasteiger partial charge in [-0.3, -0.25) is 0 Å². The lowest BCUT2D eigenvalue weighted by atomic mass is 10.1. The predicted octanol–water partition coefficient (Wildman–Crippen LogP) is 4.68. The van der Waals surface area contributed by atoms with E-state index in [-0.39, 0.29) is 11.9 Å². The molecule has 0 bridgehead atoms. The number of aromatic nitrogens is 1. The molecule has 0 aliphatic heterocycles. The third-order valence-corrected chi connectivity index (χ3v) is 3.80. The zero-order chi connectivity index (χ0) is 13.8. The van der Waals surface area contributed by atoms with E-state index >= 15 is 0 Å². The van der Waals surface area contributed by atoms with Crippen LogP contribution in [0.4, 0.5) is 10.1 Å². The van der Waals surface area contributed by atoms with E-state index in [4.69, 9.17) is 11.6 Å². The van der Waals surface area contributed by atoms with Gasteiger partial charge in [-0.15, -0.1) is 0 Å². The molecular weight excluding hydrogens is 331 g/mol. The highest BCUT2D eigenvalue weighted by Crippen LogP contribution is 2.23. The fourth-order valence-electron chi connectivity index (χ4n) is 1.81. The highest BCUT2D eigenvalue weighted by molar-refractivity contribution is 9.10. The number of halogens is 3. The normalized spacial score (nSPS) is 12.2. The molecule has 2 rings (SSSR count). The molecule has 1 heterocycles. The summed E-state index contributed by atoms with van der Waals surface area (Å²) in [5.41, 5.74) is 1.98. The summed E-state index contributed by atoms with van der Waals surface area (Å²) in [6.07, 6.45) is 2.49. The van der Waals surface area contributed by atoms with Crippen LogP contribution < -0.4 is 5.32 Å². The third-order valence-electron chi connectivity index (χ3n) is 2.66. The van der Waals surface area contributed by atoms with Gasteiger partial charge in [-0.25, -0.2) is 9.37 Å². The lowest BCUT2D eigenvalue weighted by Crippen LogP contribution is -2.18. The molecule has 1 aromatic heterocycles. The Morgan fingerprint density at radius 3 is 2.68 bits per heavy atom. The van der Waals surface area contributed by atoms with Crippen LogP contribution in [0.5, 0.6) is 0 Å². The number of benzene rings is 1. The molecule has 5 heteroatoms. The lowest BCUT2D eigenvalue weighted by molar-refractivity contribution is 0.626. The average molecular weight is 344 g/mol. The summed E-state index contributed by atoms with van der Waals surface area (Å²) in [4.78, 5) is 4.06. The van der Waals surface area contributed by atoms with Crippen molar-refractivity contribution in [2.75, 3.05) is 5.32 Å². The maximum atomic E-state index is 12.8. The predicted molar refractivity (Wildman–Crippen MR) is 80.1 cm³/mol. The van der Waals surface area contributed by atoms with Crippen molar-refractivity contribution in [3.05, 3.63) is 57.5 Å². The van der Waals surface area contributed by atoms with Crippen molar-refractivity contribution < 1.29 is 4.39 Å². The van der Waals surface area contributed by atoms with Crippen LogP contribution in [0.2, 0.25) is 5.15 Å². The number of rotatable bonds is 4. The van der Waals surface area contributed by atoms with Gasteiger partial charge in [-0.05, 0) is 53.0 Å². The molecule has 2 nitrogen and oxygen atoms in total. The summed E-state index contributed by atoms with van der Waals surface area (Å²) in [6, 6.07) is 8.63. The summed E-state index contributed by atoms with van der Waals surface area (Å²) in [7, 11) is 0. The van der Waals surface area contributed by atoms with Crippen LogP contribution >= 0.6 is 27.5 Å². The standard InChI is InChI=1S/C14H13BrClFN2/c1-9(6-10-2-4-11(17)5-3-10)19-12-7-13(15)14(16)18-8-12/h2-5,7-9,19H,6H2,1H3. The third kappa shape index (κ3) is 4.18. The Bertz CT molecular complexity index is 560. The zero-order valence-corrected chi connectivity index (χ0v) is 12.7. The van der Waals surface area contributed by atoms with E-state index in [9.17, 15) is 4.39 Å². The van der Waals surface area contributed by atoms with Gasteiger partial charge in [0.15, 0.2) is 0 Å². The first kappa shape index (κ1) is 14.3. The van der Waals surface area contributed by atoms with Crippen molar-refractivity contribution in [2.45, 2.75) is 19.4 Å². The van der Waals surface area contributed by atoms with Crippen LogP contribution in [-0.4, -0.2) is 11.0 Å². The Hall–Kier alpha value is -1.13. The summed E-state index contributed by atoms with van der Waals surface area (Å²) >= 11 is 9.18. The Balaban J connectivity index is 1.98.